The molecule has 1 aromatic heterocycles. The molecule has 39 heavy (non-hydrogen) atoms. The third-order valence-electron chi connectivity index (χ3n) is 7.95. The molecular weight excluding hydrogens is 527 g/mol. The molecule has 0 radical (unpaired) electrons. The summed E-state index contributed by atoms with van der Waals surface area (Å²) in [6, 6.07) is -0.693. The zero-order valence-corrected chi connectivity index (χ0v) is 27.8. The lowest BCUT2D eigenvalue weighted by Crippen LogP contribution is -2.53. The van der Waals surface area contributed by atoms with Crippen LogP contribution >= 0.6 is 11.3 Å². The Balaban J connectivity index is 3.50. The normalized spacial score (nSPS) is 15.4. The molecule has 0 aliphatic carbocycles. The lowest BCUT2D eigenvalue weighted by atomic mass is 9.92. The van der Waals surface area contributed by atoms with Crippen molar-refractivity contribution in [1.82, 2.24) is 9.88 Å². The Morgan fingerprint density at radius 2 is 1.85 bits per heavy atom. The Kier molecular flexibility index (Phi) is 14.4. The summed E-state index contributed by atoms with van der Waals surface area (Å²) >= 11 is 1.41. The van der Waals surface area contributed by atoms with Crippen molar-refractivity contribution in [2.45, 2.75) is 124 Å². The van der Waals surface area contributed by atoms with E-state index in [0.717, 1.165) is 24.3 Å². The number of carbonyl (C=O) groups is 2. The molecule has 1 amide bonds. The number of hydrogen-bond donors (Lipinski definition) is 1. The van der Waals surface area contributed by atoms with Gasteiger partial charge in [0, 0.05) is 24.4 Å². The number of amides is 1. The van der Waals surface area contributed by atoms with E-state index in [1.807, 2.05) is 11.8 Å². The molecule has 4 atom stereocenters. The van der Waals surface area contributed by atoms with Crippen molar-refractivity contribution < 1.29 is 18.8 Å². The van der Waals surface area contributed by atoms with Gasteiger partial charge in [0.15, 0.2) is 14.0 Å². The molecule has 1 heterocycles. The topological polar surface area (TPSA) is 94.8 Å². The summed E-state index contributed by atoms with van der Waals surface area (Å²) < 4.78 is 12.1. The van der Waals surface area contributed by atoms with Gasteiger partial charge in [-0.15, -0.1) is 23.7 Å². The number of nitrogens with two attached hydrogens (primary N) is 1. The smallest absolute Gasteiger partial charge is 0.357 e. The zero-order chi connectivity index (χ0) is 30.0. The van der Waals surface area contributed by atoms with E-state index in [1.165, 1.54) is 11.3 Å². The van der Waals surface area contributed by atoms with Crippen molar-refractivity contribution in [2.75, 3.05) is 13.2 Å². The minimum atomic E-state index is -2.23. The summed E-state index contributed by atoms with van der Waals surface area (Å²) in [6.45, 7) is 22.1. The average molecular weight is 580 g/mol. The van der Waals surface area contributed by atoms with Crippen molar-refractivity contribution in [2.24, 2.45) is 17.6 Å². The van der Waals surface area contributed by atoms with Gasteiger partial charge in [0.05, 0.1) is 18.8 Å². The van der Waals surface area contributed by atoms with E-state index in [9.17, 15) is 9.59 Å². The van der Waals surface area contributed by atoms with E-state index in [2.05, 4.69) is 65.5 Å². The second kappa shape index (κ2) is 15.9. The van der Waals surface area contributed by atoms with Crippen LogP contribution in [0.3, 0.4) is 0 Å². The van der Waals surface area contributed by atoms with E-state index in [1.54, 1.807) is 12.3 Å². The molecule has 2 N–H and O–H groups in total. The fourth-order valence-electron chi connectivity index (χ4n) is 4.08. The Labute approximate surface area is 242 Å². The predicted octanol–water partition coefficient (Wildman–Crippen LogP) is 6.80. The van der Waals surface area contributed by atoms with Crippen molar-refractivity contribution >= 4 is 31.5 Å². The number of hydrogen-bond acceptors (Lipinski definition) is 7. The maximum atomic E-state index is 13.8. The van der Waals surface area contributed by atoms with Crippen LogP contribution in [0.2, 0.25) is 18.1 Å². The molecule has 0 saturated heterocycles. The molecule has 0 unspecified atom stereocenters. The van der Waals surface area contributed by atoms with Gasteiger partial charge in [-0.1, -0.05) is 54.9 Å². The maximum Gasteiger partial charge on any atom is 0.357 e. The Hall–Kier alpha value is -1.73. The summed E-state index contributed by atoms with van der Waals surface area (Å²) in [7, 11) is -2.23. The fraction of sp³-hybridized carbons (Fsp3) is 0.767. The standard InChI is InChI=1S/C30H53N3O4SSi/c1-12-15-16-17-18-33(28(34)26(31)22(6)13-2)24(21(4)5)19-25(37-39(10,11)30(7,8)9)27-32-23(20-38-27)29(35)36-14-3/h1,20-22,24-26H,13-19,31H2,2-11H3/t22-,24+,25+,26-/m0/s1. The maximum absolute atomic E-state index is 13.8. The first-order valence-corrected chi connectivity index (χ1v) is 18.2. The van der Waals surface area contributed by atoms with Crippen LogP contribution in [0.1, 0.15) is 109 Å². The average Bonchev–Trinajstić information content (AvgIpc) is 3.35. The summed E-state index contributed by atoms with van der Waals surface area (Å²) in [5.74, 6) is 2.46. The number of thiazole rings is 1. The van der Waals surface area contributed by atoms with Gasteiger partial charge in [-0.25, -0.2) is 9.78 Å². The number of ether oxygens (including phenoxy) is 1. The highest BCUT2D eigenvalue weighted by Gasteiger charge is 2.42. The van der Waals surface area contributed by atoms with E-state index in [0.29, 0.717) is 25.1 Å². The number of unbranched alkanes of at least 4 members (excludes halogenated alkanes) is 2. The van der Waals surface area contributed by atoms with Crippen molar-refractivity contribution in [3.8, 4) is 12.3 Å². The van der Waals surface area contributed by atoms with Gasteiger partial charge in [0.1, 0.15) is 5.01 Å². The molecule has 1 rings (SSSR count). The summed E-state index contributed by atoms with van der Waals surface area (Å²) in [6.07, 6.45) is 8.85. The van der Waals surface area contributed by atoms with Crippen molar-refractivity contribution in [3.63, 3.8) is 0 Å². The van der Waals surface area contributed by atoms with Gasteiger partial charge in [0.25, 0.3) is 0 Å². The predicted molar refractivity (Wildman–Crippen MR) is 164 cm³/mol. The van der Waals surface area contributed by atoms with Crippen LogP contribution in [0.4, 0.5) is 0 Å². The zero-order valence-electron chi connectivity index (χ0n) is 26.0. The lowest BCUT2D eigenvalue weighted by molar-refractivity contribution is -0.138. The first-order valence-electron chi connectivity index (χ1n) is 14.4. The molecule has 0 spiro atoms. The molecule has 0 aliphatic rings. The van der Waals surface area contributed by atoms with Gasteiger partial charge in [-0.05, 0) is 56.2 Å². The van der Waals surface area contributed by atoms with Crippen LogP contribution < -0.4 is 5.73 Å². The van der Waals surface area contributed by atoms with Gasteiger partial charge in [-0.3, -0.25) is 4.79 Å². The quantitative estimate of drug-likeness (QED) is 0.100. The first-order chi connectivity index (χ1) is 18.1. The van der Waals surface area contributed by atoms with Gasteiger partial charge in [0.2, 0.25) is 5.91 Å². The van der Waals surface area contributed by atoms with Gasteiger partial charge < -0.3 is 19.8 Å². The SMILES string of the molecule is C#CCCCCN(C(=O)[C@@H](N)[C@@H](C)CC)[C@H](C[C@@H](O[Si](C)(C)C(C)(C)C)c1nc(C(=O)OCC)cs1)C(C)C. The van der Waals surface area contributed by atoms with Crippen LogP contribution in [0, 0.1) is 24.2 Å². The third kappa shape index (κ3) is 10.3. The van der Waals surface area contributed by atoms with Crippen molar-refractivity contribution in [3.05, 3.63) is 16.1 Å². The van der Waals surface area contributed by atoms with E-state index in [4.69, 9.17) is 21.3 Å². The largest absolute Gasteiger partial charge is 0.461 e. The van der Waals surface area contributed by atoms with Crippen LogP contribution in [0.25, 0.3) is 0 Å². The van der Waals surface area contributed by atoms with Crippen LogP contribution in [-0.4, -0.2) is 55.3 Å². The number of terminal acetylenes is 1. The Morgan fingerprint density at radius 1 is 1.21 bits per heavy atom. The molecule has 0 bridgehead atoms. The van der Waals surface area contributed by atoms with Crippen molar-refractivity contribution in [1.29, 1.82) is 0 Å². The van der Waals surface area contributed by atoms with E-state index in [-0.39, 0.29) is 41.5 Å². The van der Waals surface area contributed by atoms with E-state index < -0.39 is 20.3 Å². The highest BCUT2D eigenvalue weighted by molar-refractivity contribution is 7.09. The second-order valence-electron chi connectivity index (χ2n) is 12.3. The fourth-order valence-corrected chi connectivity index (χ4v) is 6.27. The molecule has 0 aliphatic heterocycles. The lowest BCUT2D eigenvalue weighted by Gasteiger charge is -2.42. The third-order valence-corrected chi connectivity index (χ3v) is 13.4. The van der Waals surface area contributed by atoms with Gasteiger partial charge in [-0.2, -0.15) is 0 Å². The number of aromatic nitrogens is 1. The molecule has 222 valence electrons. The minimum absolute atomic E-state index is 0.0244. The monoisotopic (exact) mass is 579 g/mol. The minimum Gasteiger partial charge on any atom is -0.461 e. The first kappa shape index (κ1) is 35.3. The highest BCUT2D eigenvalue weighted by Crippen LogP contribution is 2.42. The van der Waals surface area contributed by atoms with E-state index >= 15 is 0 Å². The number of rotatable bonds is 16. The molecule has 0 saturated carbocycles. The summed E-state index contributed by atoms with van der Waals surface area (Å²) in [5, 5.41) is 2.45. The molecule has 9 heteroatoms. The molecule has 7 nitrogen and oxygen atoms in total. The molecular formula is C30H53N3O4SSi. The van der Waals surface area contributed by atoms with Crippen LogP contribution in [0.5, 0.6) is 0 Å². The molecule has 0 fully saturated rings. The number of esters is 1. The van der Waals surface area contributed by atoms with Crippen LogP contribution in [0.15, 0.2) is 5.38 Å². The Morgan fingerprint density at radius 3 is 2.36 bits per heavy atom. The number of carbonyl (C=O) groups excluding carboxylic acids is 2. The number of nitrogens with zero attached hydrogens (tertiary/aromatic N) is 2. The highest BCUT2D eigenvalue weighted by atomic mass is 32.1. The Bertz CT molecular complexity index is 951. The second-order valence-corrected chi connectivity index (χ2v) is 18.0. The molecule has 0 aromatic carbocycles. The van der Waals surface area contributed by atoms with Crippen LogP contribution in [-0.2, 0) is 14.0 Å². The summed E-state index contributed by atoms with van der Waals surface area (Å²) in [4.78, 5) is 32.9. The summed E-state index contributed by atoms with van der Waals surface area (Å²) in [5.41, 5.74) is 6.79. The molecule has 1 aromatic rings. The van der Waals surface area contributed by atoms with Gasteiger partial charge >= 0.3 is 5.97 Å².